The molecule has 0 spiro atoms. The number of ether oxygens (including phenoxy) is 3. The summed E-state index contributed by atoms with van der Waals surface area (Å²) >= 11 is 0. The highest BCUT2D eigenvalue weighted by Crippen LogP contribution is 2.43. The number of nitrogens with zero attached hydrogens (tertiary/aromatic N) is 4. The predicted molar refractivity (Wildman–Crippen MR) is 148 cm³/mol. The number of carbonyl (C=O) groups excluding carboxylic acids is 2. The van der Waals surface area contributed by atoms with E-state index in [1.807, 2.05) is 60.7 Å². The fraction of sp³-hybridized carbons (Fsp3) is 0.379. The average molecular weight is 581 g/mol. The molecule has 5 rings (SSSR count). The van der Waals surface area contributed by atoms with Gasteiger partial charge in [-0.05, 0) is 31.9 Å². The maximum atomic E-state index is 14.2. The fourth-order valence-corrected chi connectivity index (χ4v) is 7.30. The molecule has 0 radical (unpaired) electrons. The number of carbonyl (C=O) groups is 2. The molecule has 0 aliphatic carbocycles. The Bertz CT molecular complexity index is 1500. The first kappa shape index (κ1) is 28.7. The van der Waals surface area contributed by atoms with Crippen LogP contribution in [0.3, 0.4) is 0 Å². The van der Waals surface area contributed by atoms with E-state index in [1.54, 1.807) is 27.0 Å². The van der Waals surface area contributed by atoms with Crippen LogP contribution in [0, 0.1) is 0 Å². The standard InChI is InChI=1S/C29H32N4O7S/c1-29(2,3)39-18-22-21(17-32-16-15-30-31-32)23(33-26(34)25(38-4)27(33)41(22,36)37)28(35)40-24(19-11-7-5-8-12-19)20-13-9-6-10-14-20/h5-16,22,24-25,27H,17-18H2,1-4H3/t22-,25+,27?/m1/s1. The first-order chi connectivity index (χ1) is 19.5. The van der Waals surface area contributed by atoms with Crippen LogP contribution >= 0.6 is 0 Å². The summed E-state index contributed by atoms with van der Waals surface area (Å²) in [5.74, 6) is -1.49. The van der Waals surface area contributed by atoms with Gasteiger partial charge < -0.3 is 14.2 Å². The first-order valence-electron chi connectivity index (χ1n) is 13.1. The molecule has 1 amide bonds. The van der Waals surface area contributed by atoms with Crippen molar-refractivity contribution in [3.8, 4) is 0 Å². The molecule has 0 bridgehead atoms. The van der Waals surface area contributed by atoms with Crippen LogP contribution in [-0.2, 0) is 40.2 Å². The number of β-lactam (4-membered cyclic amide) rings is 1. The molecule has 3 aromatic rings. The monoisotopic (exact) mass is 580 g/mol. The molecule has 2 aliphatic heterocycles. The number of fused-ring (bicyclic) bond motifs is 1. The molecule has 12 heteroatoms. The van der Waals surface area contributed by atoms with Gasteiger partial charge in [-0.1, -0.05) is 65.9 Å². The van der Waals surface area contributed by atoms with Crippen molar-refractivity contribution in [2.75, 3.05) is 13.7 Å². The lowest BCUT2D eigenvalue weighted by Gasteiger charge is -2.50. The van der Waals surface area contributed by atoms with Gasteiger partial charge in [0.15, 0.2) is 27.4 Å². The molecular weight excluding hydrogens is 548 g/mol. The van der Waals surface area contributed by atoms with Gasteiger partial charge in [-0.25, -0.2) is 17.9 Å². The predicted octanol–water partition coefficient (Wildman–Crippen LogP) is 2.66. The van der Waals surface area contributed by atoms with Crippen LogP contribution in [0.4, 0.5) is 0 Å². The lowest BCUT2D eigenvalue weighted by molar-refractivity contribution is -0.165. The maximum absolute atomic E-state index is 14.2. The Morgan fingerprint density at radius 2 is 1.63 bits per heavy atom. The first-order valence-corrected chi connectivity index (χ1v) is 14.7. The molecule has 0 saturated carbocycles. The lowest BCUT2D eigenvalue weighted by Crippen LogP contribution is -2.72. The van der Waals surface area contributed by atoms with Crippen molar-refractivity contribution in [3.63, 3.8) is 0 Å². The number of esters is 1. The third-order valence-corrected chi connectivity index (χ3v) is 9.35. The smallest absolute Gasteiger partial charge is 0.356 e. The quantitative estimate of drug-likeness (QED) is 0.277. The van der Waals surface area contributed by atoms with Crippen LogP contribution in [-0.4, -0.2) is 76.2 Å². The Labute approximate surface area is 238 Å². The number of rotatable bonds is 9. The zero-order chi connectivity index (χ0) is 29.4. The van der Waals surface area contributed by atoms with Crippen LogP contribution in [0.1, 0.15) is 38.0 Å². The molecule has 41 heavy (non-hydrogen) atoms. The van der Waals surface area contributed by atoms with Gasteiger partial charge in [0.2, 0.25) is 0 Å². The van der Waals surface area contributed by atoms with E-state index in [0.717, 1.165) is 4.90 Å². The van der Waals surface area contributed by atoms with Crippen LogP contribution < -0.4 is 0 Å². The van der Waals surface area contributed by atoms with E-state index in [4.69, 9.17) is 14.2 Å². The summed E-state index contributed by atoms with van der Waals surface area (Å²) < 4.78 is 46.7. The molecule has 1 unspecified atom stereocenters. The zero-order valence-corrected chi connectivity index (χ0v) is 24.0. The summed E-state index contributed by atoms with van der Waals surface area (Å²) in [5.41, 5.74) is 0.723. The SMILES string of the molecule is CO[C@H]1C(=O)N2C(C(=O)OC(c3ccccc3)c3ccccc3)=C(Cn3ccnn3)[C@@H](COC(C)(C)C)S(=O)(=O)C12. The number of amides is 1. The maximum Gasteiger partial charge on any atom is 0.356 e. The summed E-state index contributed by atoms with van der Waals surface area (Å²) in [4.78, 5) is 28.4. The molecular formula is C29H32N4O7S. The number of hydrogen-bond acceptors (Lipinski definition) is 9. The highest BCUT2D eigenvalue weighted by molar-refractivity contribution is 7.93. The van der Waals surface area contributed by atoms with E-state index in [-0.39, 0.29) is 24.4 Å². The van der Waals surface area contributed by atoms with E-state index in [2.05, 4.69) is 10.3 Å². The number of methoxy groups -OCH3 is 1. The number of aromatic nitrogens is 3. The second-order valence-corrected chi connectivity index (χ2v) is 13.1. The Morgan fingerprint density at radius 1 is 1.02 bits per heavy atom. The number of benzene rings is 2. The molecule has 11 nitrogen and oxygen atoms in total. The highest BCUT2D eigenvalue weighted by atomic mass is 32.2. The molecule has 1 fully saturated rings. The zero-order valence-electron chi connectivity index (χ0n) is 23.2. The normalized spacial score (nSPS) is 21.9. The van der Waals surface area contributed by atoms with Gasteiger partial charge in [0.05, 0.1) is 24.9 Å². The Kier molecular flexibility index (Phi) is 7.82. The number of hydrogen-bond donors (Lipinski definition) is 0. The summed E-state index contributed by atoms with van der Waals surface area (Å²) in [5, 5.41) is 5.12. The van der Waals surface area contributed by atoms with E-state index in [0.29, 0.717) is 11.1 Å². The molecule has 216 valence electrons. The minimum atomic E-state index is -4.10. The van der Waals surface area contributed by atoms with Crippen molar-refractivity contribution in [1.29, 1.82) is 0 Å². The largest absolute Gasteiger partial charge is 0.448 e. The molecule has 2 aromatic carbocycles. The molecule has 1 saturated heterocycles. The Morgan fingerprint density at radius 3 is 2.15 bits per heavy atom. The van der Waals surface area contributed by atoms with Gasteiger partial charge in [-0.2, -0.15) is 0 Å². The highest BCUT2D eigenvalue weighted by Gasteiger charge is 2.64. The Hall–Kier alpha value is -3.87. The van der Waals surface area contributed by atoms with E-state index >= 15 is 0 Å². The molecule has 2 aliphatic rings. The van der Waals surface area contributed by atoms with Crippen LogP contribution in [0.15, 0.2) is 84.3 Å². The molecule has 0 N–H and O–H groups in total. The van der Waals surface area contributed by atoms with Crippen LogP contribution in [0.2, 0.25) is 0 Å². The Balaban J connectivity index is 1.65. The summed E-state index contributed by atoms with van der Waals surface area (Å²) in [7, 11) is -2.84. The molecule has 1 aromatic heterocycles. The van der Waals surface area contributed by atoms with E-state index in [1.165, 1.54) is 18.0 Å². The summed E-state index contributed by atoms with van der Waals surface area (Å²) in [6.45, 7) is 5.04. The summed E-state index contributed by atoms with van der Waals surface area (Å²) in [6.07, 6.45) is 0.909. The second-order valence-electron chi connectivity index (χ2n) is 10.8. The van der Waals surface area contributed by atoms with Gasteiger partial charge in [-0.3, -0.25) is 9.69 Å². The molecule has 3 heterocycles. The van der Waals surface area contributed by atoms with E-state index < -0.39 is 50.1 Å². The van der Waals surface area contributed by atoms with Crippen molar-refractivity contribution < 1.29 is 32.2 Å². The topological polar surface area (TPSA) is 130 Å². The minimum Gasteiger partial charge on any atom is -0.448 e. The minimum absolute atomic E-state index is 0.128. The van der Waals surface area contributed by atoms with Crippen molar-refractivity contribution in [3.05, 3.63) is 95.5 Å². The lowest BCUT2D eigenvalue weighted by atomic mass is 10.00. The third-order valence-electron chi connectivity index (χ3n) is 7.01. The third kappa shape index (κ3) is 5.54. The van der Waals surface area contributed by atoms with E-state index in [9.17, 15) is 18.0 Å². The van der Waals surface area contributed by atoms with Gasteiger partial charge in [-0.15, -0.1) is 5.10 Å². The van der Waals surface area contributed by atoms with Crippen molar-refractivity contribution >= 4 is 21.7 Å². The summed E-state index contributed by atoms with van der Waals surface area (Å²) in [6, 6.07) is 18.4. The van der Waals surface area contributed by atoms with Crippen molar-refractivity contribution in [1.82, 2.24) is 19.9 Å². The van der Waals surface area contributed by atoms with Gasteiger partial charge in [0.25, 0.3) is 5.91 Å². The van der Waals surface area contributed by atoms with Gasteiger partial charge >= 0.3 is 5.97 Å². The van der Waals surface area contributed by atoms with Crippen molar-refractivity contribution in [2.45, 2.75) is 55.7 Å². The van der Waals surface area contributed by atoms with Gasteiger partial charge in [0.1, 0.15) is 10.9 Å². The fourth-order valence-electron chi connectivity index (χ4n) is 5.05. The van der Waals surface area contributed by atoms with Crippen LogP contribution in [0.5, 0.6) is 0 Å². The average Bonchev–Trinajstić information content (AvgIpc) is 3.45. The van der Waals surface area contributed by atoms with Crippen LogP contribution in [0.25, 0.3) is 0 Å². The van der Waals surface area contributed by atoms with Crippen molar-refractivity contribution in [2.24, 2.45) is 0 Å². The molecule has 3 atom stereocenters. The van der Waals surface area contributed by atoms with Gasteiger partial charge in [0, 0.05) is 18.9 Å². The second kappa shape index (κ2) is 11.2. The number of sulfone groups is 1.